The lowest BCUT2D eigenvalue weighted by molar-refractivity contribution is 0.302. The molecule has 0 bridgehead atoms. The fraction of sp³-hybridized carbons (Fsp3) is 0.458. The Morgan fingerprint density at radius 3 is 2.26 bits per heavy atom. The molecule has 0 aliphatic carbocycles. The SMILES string of the molecule is Cc1cc(C)n2c(NC(C)(C)CC(C)(C)C)c(-c3ccccc3C)nc2c1. The Hall–Kier alpha value is -2.29. The average Bonchev–Trinajstić information content (AvgIpc) is 2.82. The van der Waals surface area contributed by atoms with Crippen molar-refractivity contribution >= 4 is 11.5 Å². The van der Waals surface area contributed by atoms with Crippen molar-refractivity contribution < 1.29 is 0 Å². The minimum absolute atomic E-state index is 0.0526. The highest BCUT2D eigenvalue weighted by atomic mass is 15.2. The molecule has 1 aromatic carbocycles. The van der Waals surface area contributed by atoms with Gasteiger partial charge in [-0.05, 0) is 69.7 Å². The van der Waals surface area contributed by atoms with Gasteiger partial charge >= 0.3 is 0 Å². The molecule has 0 fully saturated rings. The molecule has 0 saturated carbocycles. The summed E-state index contributed by atoms with van der Waals surface area (Å²) < 4.78 is 2.26. The number of benzene rings is 1. The predicted octanol–water partition coefficient (Wildman–Crippen LogP) is 6.55. The van der Waals surface area contributed by atoms with Crippen LogP contribution in [-0.4, -0.2) is 14.9 Å². The maximum Gasteiger partial charge on any atom is 0.139 e. The summed E-state index contributed by atoms with van der Waals surface area (Å²) >= 11 is 0. The molecule has 27 heavy (non-hydrogen) atoms. The van der Waals surface area contributed by atoms with Gasteiger partial charge in [-0.25, -0.2) is 4.98 Å². The fourth-order valence-electron chi connectivity index (χ4n) is 4.36. The number of rotatable bonds is 4. The summed E-state index contributed by atoms with van der Waals surface area (Å²) in [5, 5.41) is 3.85. The second-order valence-corrected chi connectivity index (χ2v) is 9.74. The maximum absolute atomic E-state index is 5.05. The smallest absolute Gasteiger partial charge is 0.139 e. The monoisotopic (exact) mass is 363 g/mol. The summed E-state index contributed by atoms with van der Waals surface area (Å²) in [7, 11) is 0. The first kappa shape index (κ1) is 19.5. The van der Waals surface area contributed by atoms with Crippen molar-refractivity contribution in [2.45, 2.75) is 67.3 Å². The van der Waals surface area contributed by atoms with E-state index in [2.05, 4.69) is 102 Å². The third kappa shape index (κ3) is 4.18. The van der Waals surface area contributed by atoms with E-state index in [9.17, 15) is 0 Å². The second kappa shape index (κ2) is 6.70. The summed E-state index contributed by atoms with van der Waals surface area (Å²) in [6, 6.07) is 12.9. The second-order valence-electron chi connectivity index (χ2n) is 9.74. The van der Waals surface area contributed by atoms with Crippen molar-refractivity contribution in [1.29, 1.82) is 0 Å². The highest BCUT2D eigenvalue weighted by Gasteiger charge is 2.28. The van der Waals surface area contributed by atoms with Gasteiger partial charge in [0.05, 0.1) is 0 Å². The van der Waals surface area contributed by atoms with E-state index in [1.54, 1.807) is 0 Å². The molecule has 0 aliphatic heterocycles. The highest BCUT2D eigenvalue weighted by molar-refractivity contribution is 5.79. The number of pyridine rings is 1. The zero-order valence-electron chi connectivity index (χ0n) is 18.1. The third-order valence-corrected chi connectivity index (χ3v) is 4.88. The van der Waals surface area contributed by atoms with Gasteiger partial charge in [-0.15, -0.1) is 0 Å². The van der Waals surface area contributed by atoms with Gasteiger partial charge in [0.25, 0.3) is 0 Å². The molecule has 144 valence electrons. The Labute approximate surface area is 163 Å². The minimum atomic E-state index is -0.0526. The number of aromatic nitrogens is 2. The van der Waals surface area contributed by atoms with Gasteiger partial charge in [-0.1, -0.05) is 45.0 Å². The summed E-state index contributed by atoms with van der Waals surface area (Å²) in [5.74, 6) is 1.09. The molecule has 3 nitrogen and oxygen atoms in total. The predicted molar refractivity (Wildman–Crippen MR) is 117 cm³/mol. The molecular formula is C24H33N3. The number of hydrogen-bond acceptors (Lipinski definition) is 2. The minimum Gasteiger partial charge on any atom is -0.364 e. The lowest BCUT2D eigenvalue weighted by Crippen LogP contribution is -2.36. The van der Waals surface area contributed by atoms with Crippen LogP contribution in [0.2, 0.25) is 0 Å². The molecule has 3 heteroatoms. The molecule has 0 saturated heterocycles. The van der Waals surface area contributed by atoms with Crippen molar-refractivity contribution in [2.75, 3.05) is 5.32 Å². The van der Waals surface area contributed by atoms with Crippen LogP contribution in [0, 0.1) is 26.2 Å². The molecule has 0 atom stereocenters. The van der Waals surface area contributed by atoms with Crippen LogP contribution in [0.4, 0.5) is 5.82 Å². The van der Waals surface area contributed by atoms with Crippen LogP contribution >= 0.6 is 0 Å². The molecule has 0 spiro atoms. The van der Waals surface area contributed by atoms with Crippen LogP contribution < -0.4 is 5.32 Å². The van der Waals surface area contributed by atoms with Crippen molar-refractivity contribution in [3.8, 4) is 11.3 Å². The zero-order chi connectivity index (χ0) is 20.0. The summed E-state index contributed by atoms with van der Waals surface area (Å²) in [4.78, 5) is 5.05. The van der Waals surface area contributed by atoms with E-state index >= 15 is 0 Å². The molecule has 0 radical (unpaired) electrons. The summed E-state index contributed by atoms with van der Waals surface area (Å²) in [5.41, 5.74) is 7.09. The van der Waals surface area contributed by atoms with Crippen LogP contribution in [0.1, 0.15) is 57.9 Å². The van der Waals surface area contributed by atoms with E-state index in [4.69, 9.17) is 4.98 Å². The fourth-order valence-corrected chi connectivity index (χ4v) is 4.36. The average molecular weight is 364 g/mol. The van der Waals surface area contributed by atoms with Crippen molar-refractivity contribution in [1.82, 2.24) is 9.38 Å². The number of imidazole rings is 1. The van der Waals surface area contributed by atoms with Crippen LogP contribution in [0.25, 0.3) is 16.9 Å². The van der Waals surface area contributed by atoms with Crippen molar-refractivity contribution in [3.63, 3.8) is 0 Å². The first-order valence-electron chi connectivity index (χ1n) is 9.81. The number of nitrogens with one attached hydrogen (secondary N) is 1. The Balaban J connectivity index is 2.23. The Morgan fingerprint density at radius 2 is 1.63 bits per heavy atom. The lowest BCUT2D eigenvalue weighted by atomic mass is 9.82. The number of fused-ring (bicyclic) bond motifs is 1. The van der Waals surface area contributed by atoms with Crippen LogP contribution in [-0.2, 0) is 0 Å². The number of anilines is 1. The molecule has 3 rings (SSSR count). The van der Waals surface area contributed by atoms with E-state index in [-0.39, 0.29) is 11.0 Å². The molecular weight excluding hydrogens is 330 g/mol. The van der Waals surface area contributed by atoms with Gasteiger partial charge in [0.15, 0.2) is 0 Å². The zero-order valence-corrected chi connectivity index (χ0v) is 18.1. The number of hydrogen-bond donors (Lipinski definition) is 1. The van der Waals surface area contributed by atoms with Crippen LogP contribution in [0.5, 0.6) is 0 Å². The summed E-state index contributed by atoms with van der Waals surface area (Å²) in [6.45, 7) is 17.9. The third-order valence-electron chi connectivity index (χ3n) is 4.88. The van der Waals surface area contributed by atoms with E-state index in [0.717, 1.165) is 23.6 Å². The number of nitrogens with zero attached hydrogens (tertiary/aromatic N) is 2. The molecule has 2 heterocycles. The molecule has 0 amide bonds. The first-order valence-corrected chi connectivity index (χ1v) is 9.81. The Kier molecular flexibility index (Phi) is 4.83. The van der Waals surface area contributed by atoms with Gasteiger partial charge in [0.1, 0.15) is 17.2 Å². The van der Waals surface area contributed by atoms with Gasteiger partial charge < -0.3 is 5.32 Å². The van der Waals surface area contributed by atoms with Gasteiger partial charge in [0.2, 0.25) is 0 Å². The molecule has 1 N–H and O–H groups in total. The first-order chi connectivity index (χ1) is 12.5. The Morgan fingerprint density at radius 1 is 0.963 bits per heavy atom. The summed E-state index contributed by atoms with van der Waals surface area (Å²) in [6.07, 6.45) is 1.06. The normalized spacial score (nSPS) is 12.6. The van der Waals surface area contributed by atoms with E-state index in [1.807, 2.05) is 0 Å². The topological polar surface area (TPSA) is 29.3 Å². The number of aryl methyl sites for hydroxylation is 3. The van der Waals surface area contributed by atoms with Crippen LogP contribution in [0.3, 0.4) is 0 Å². The largest absolute Gasteiger partial charge is 0.364 e. The van der Waals surface area contributed by atoms with E-state index in [1.165, 1.54) is 22.4 Å². The van der Waals surface area contributed by atoms with Crippen molar-refractivity contribution in [2.24, 2.45) is 5.41 Å². The molecule has 0 unspecified atom stereocenters. The van der Waals surface area contributed by atoms with E-state index < -0.39 is 0 Å². The highest BCUT2D eigenvalue weighted by Crippen LogP contribution is 2.36. The van der Waals surface area contributed by atoms with Gasteiger partial charge in [0, 0.05) is 16.8 Å². The van der Waals surface area contributed by atoms with Crippen molar-refractivity contribution in [3.05, 3.63) is 53.2 Å². The van der Waals surface area contributed by atoms with Crippen LogP contribution in [0.15, 0.2) is 36.4 Å². The standard InChI is InChI=1S/C24H33N3/c1-16-13-18(3)27-20(14-16)25-21(19-12-10-9-11-17(19)2)22(27)26-24(7,8)15-23(4,5)6/h9-14,26H,15H2,1-8H3. The van der Waals surface area contributed by atoms with Gasteiger partial charge in [-0.2, -0.15) is 0 Å². The molecule has 3 aromatic rings. The molecule has 2 aromatic heterocycles. The lowest BCUT2D eigenvalue weighted by Gasteiger charge is -2.34. The van der Waals surface area contributed by atoms with Gasteiger partial charge in [-0.3, -0.25) is 4.40 Å². The maximum atomic E-state index is 5.05. The Bertz CT molecular complexity index is 971. The molecule has 0 aliphatic rings. The van der Waals surface area contributed by atoms with E-state index in [0.29, 0.717) is 0 Å². The quantitative estimate of drug-likeness (QED) is 0.569.